The van der Waals surface area contributed by atoms with E-state index >= 15 is 0 Å². The van der Waals surface area contributed by atoms with E-state index < -0.39 is 0 Å². The Morgan fingerprint density at radius 2 is 1.41 bits per heavy atom. The van der Waals surface area contributed by atoms with Gasteiger partial charge in [0.15, 0.2) is 0 Å². The van der Waals surface area contributed by atoms with Crippen LogP contribution >= 0.6 is 0 Å². The maximum Gasteiger partial charge on any atom is 0.0892 e. The Morgan fingerprint density at radius 1 is 0.882 bits per heavy atom. The van der Waals surface area contributed by atoms with Gasteiger partial charge in [-0.3, -0.25) is 0 Å². The SMILES string of the molecule is CCC[N+]1(CCC)C(C)CCC(C)C(C)C1C. The fourth-order valence-corrected chi connectivity index (χ4v) is 4.16. The summed E-state index contributed by atoms with van der Waals surface area (Å²) < 4.78 is 1.39. The molecule has 1 aliphatic rings. The predicted molar refractivity (Wildman–Crippen MR) is 77.1 cm³/mol. The molecule has 4 unspecified atom stereocenters. The van der Waals surface area contributed by atoms with Crippen LogP contribution in [0.4, 0.5) is 0 Å². The molecule has 0 aromatic rings. The van der Waals surface area contributed by atoms with E-state index in [9.17, 15) is 0 Å². The molecule has 17 heavy (non-hydrogen) atoms. The second-order valence-corrected chi connectivity index (χ2v) is 6.55. The average molecular weight is 240 g/mol. The van der Waals surface area contributed by atoms with Crippen LogP contribution in [-0.2, 0) is 0 Å². The minimum absolute atomic E-state index is 0.836. The molecular formula is C16H34N+. The van der Waals surface area contributed by atoms with Gasteiger partial charge < -0.3 is 4.48 Å². The van der Waals surface area contributed by atoms with Crippen molar-refractivity contribution in [3.8, 4) is 0 Å². The fourth-order valence-electron chi connectivity index (χ4n) is 4.16. The number of hydrogen-bond donors (Lipinski definition) is 0. The van der Waals surface area contributed by atoms with Crippen molar-refractivity contribution in [2.24, 2.45) is 11.8 Å². The van der Waals surface area contributed by atoms with Crippen LogP contribution in [0.3, 0.4) is 0 Å². The molecular weight excluding hydrogens is 206 g/mol. The van der Waals surface area contributed by atoms with Gasteiger partial charge in [-0.15, -0.1) is 0 Å². The first-order valence-electron chi connectivity index (χ1n) is 7.86. The molecule has 0 spiro atoms. The highest BCUT2D eigenvalue weighted by molar-refractivity contribution is 4.77. The van der Waals surface area contributed by atoms with E-state index in [0.717, 1.165) is 23.9 Å². The Kier molecular flexibility index (Phi) is 5.50. The summed E-state index contributed by atoms with van der Waals surface area (Å²) in [6.45, 7) is 17.5. The molecule has 102 valence electrons. The number of quaternary nitrogens is 1. The van der Waals surface area contributed by atoms with Gasteiger partial charge in [0.25, 0.3) is 0 Å². The summed E-state index contributed by atoms with van der Waals surface area (Å²) >= 11 is 0. The molecule has 0 radical (unpaired) electrons. The summed E-state index contributed by atoms with van der Waals surface area (Å²) in [4.78, 5) is 0. The lowest BCUT2D eigenvalue weighted by Crippen LogP contribution is -2.61. The maximum absolute atomic E-state index is 2.52. The summed E-state index contributed by atoms with van der Waals surface area (Å²) in [6.07, 6.45) is 5.52. The largest absolute Gasteiger partial charge is 0.319 e. The number of hydrogen-bond acceptors (Lipinski definition) is 0. The average Bonchev–Trinajstić information content (AvgIpc) is 2.38. The van der Waals surface area contributed by atoms with Gasteiger partial charge in [0, 0.05) is 5.92 Å². The smallest absolute Gasteiger partial charge is 0.0892 e. The van der Waals surface area contributed by atoms with E-state index in [1.165, 1.54) is 43.3 Å². The third kappa shape index (κ3) is 2.86. The molecule has 4 atom stereocenters. The molecule has 0 aromatic heterocycles. The van der Waals surface area contributed by atoms with Gasteiger partial charge in [-0.2, -0.15) is 0 Å². The standard InChI is InChI=1S/C16H34N/c1-7-11-17(12-8-2)14(4)10-9-13(3)15(5)16(17)6/h13-16H,7-12H2,1-6H3/q+1. The zero-order chi connectivity index (χ0) is 13.1. The zero-order valence-electron chi connectivity index (χ0n) is 13.0. The van der Waals surface area contributed by atoms with Gasteiger partial charge in [0.2, 0.25) is 0 Å². The highest BCUT2D eigenvalue weighted by Crippen LogP contribution is 2.37. The fraction of sp³-hybridized carbons (Fsp3) is 1.00. The molecule has 0 N–H and O–H groups in total. The van der Waals surface area contributed by atoms with E-state index in [1.807, 2.05) is 0 Å². The summed E-state index contributed by atoms with van der Waals surface area (Å²) in [5.74, 6) is 1.78. The maximum atomic E-state index is 2.52. The first-order chi connectivity index (χ1) is 7.99. The lowest BCUT2D eigenvalue weighted by Gasteiger charge is -2.49. The van der Waals surface area contributed by atoms with Gasteiger partial charge in [-0.1, -0.05) is 27.7 Å². The Morgan fingerprint density at radius 3 is 1.88 bits per heavy atom. The van der Waals surface area contributed by atoms with Crippen molar-refractivity contribution in [3.63, 3.8) is 0 Å². The molecule has 1 fully saturated rings. The van der Waals surface area contributed by atoms with Gasteiger partial charge in [0.05, 0.1) is 25.2 Å². The van der Waals surface area contributed by atoms with Crippen molar-refractivity contribution < 1.29 is 4.48 Å². The van der Waals surface area contributed by atoms with Crippen LogP contribution < -0.4 is 0 Å². The predicted octanol–water partition coefficient (Wildman–Crippen LogP) is 4.47. The van der Waals surface area contributed by atoms with Crippen LogP contribution in [-0.4, -0.2) is 29.7 Å². The van der Waals surface area contributed by atoms with Crippen LogP contribution in [0.1, 0.15) is 67.2 Å². The van der Waals surface area contributed by atoms with Crippen molar-refractivity contribution >= 4 is 0 Å². The normalized spacial score (nSPS) is 37.8. The second-order valence-electron chi connectivity index (χ2n) is 6.55. The molecule has 0 amide bonds. The van der Waals surface area contributed by atoms with Crippen LogP contribution in [0.2, 0.25) is 0 Å². The van der Waals surface area contributed by atoms with Crippen LogP contribution in [0.15, 0.2) is 0 Å². The Hall–Kier alpha value is -0.0400. The number of likely N-dealkylation sites (tertiary alicyclic amines) is 1. The Bertz CT molecular complexity index is 218. The van der Waals surface area contributed by atoms with Crippen molar-refractivity contribution in [1.82, 2.24) is 0 Å². The Labute approximate surface area is 109 Å². The number of nitrogens with zero attached hydrogens (tertiary/aromatic N) is 1. The number of rotatable bonds is 4. The lowest BCUT2D eigenvalue weighted by atomic mass is 9.87. The monoisotopic (exact) mass is 240 g/mol. The summed E-state index contributed by atoms with van der Waals surface area (Å²) in [5.41, 5.74) is 0. The molecule has 1 heteroatoms. The zero-order valence-corrected chi connectivity index (χ0v) is 13.0. The first kappa shape index (κ1) is 15.0. The third-order valence-electron chi connectivity index (χ3n) is 5.67. The van der Waals surface area contributed by atoms with E-state index in [2.05, 4.69) is 41.5 Å². The first-order valence-corrected chi connectivity index (χ1v) is 7.86. The van der Waals surface area contributed by atoms with E-state index in [1.54, 1.807) is 0 Å². The van der Waals surface area contributed by atoms with Crippen molar-refractivity contribution in [1.29, 1.82) is 0 Å². The summed E-state index contributed by atoms with van der Waals surface area (Å²) in [6, 6.07) is 1.69. The van der Waals surface area contributed by atoms with E-state index in [0.29, 0.717) is 0 Å². The molecule has 0 aromatic carbocycles. The lowest BCUT2D eigenvalue weighted by molar-refractivity contribution is -0.972. The van der Waals surface area contributed by atoms with Crippen LogP contribution in [0.25, 0.3) is 0 Å². The third-order valence-corrected chi connectivity index (χ3v) is 5.67. The highest BCUT2D eigenvalue weighted by atomic mass is 15.4. The molecule has 0 aliphatic carbocycles. The molecule has 0 bridgehead atoms. The minimum atomic E-state index is 0.836. The topological polar surface area (TPSA) is 0 Å². The molecule has 0 saturated carbocycles. The summed E-state index contributed by atoms with van der Waals surface area (Å²) in [5, 5.41) is 0. The van der Waals surface area contributed by atoms with Crippen LogP contribution in [0, 0.1) is 11.8 Å². The van der Waals surface area contributed by atoms with Gasteiger partial charge in [0.1, 0.15) is 0 Å². The van der Waals surface area contributed by atoms with Gasteiger partial charge in [-0.05, 0) is 45.4 Å². The van der Waals surface area contributed by atoms with Crippen LogP contribution in [0.5, 0.6) is 0 Å². The van der Waals surface area contributed by atoms with Crippen molar-refractivity contribution in [2.75, 3.05) is 13.1 Å². The van der Waals surface area contributed by atoms with E-state index in [4.69, 9.17) is 0 Å². The van der Waals surface area contributed by atoms with Gasteiger partial charge >= 0.3 is 0 Å². The minimum Gasteiger partial charge on any atom is -0.319 e. The van der Waals surface area contributed by atoms with Crippen molar-refractivity contribution in [2.45, 2.75) is 79.3 Å². The quantitative estimate of drug-likeness (QED) is 0.636. The molecule has 1 nitrogen and oxygen atoms in total. The Balaban J connectivity index is 3.02. The molecule has 1 saturated heterocycles. The van der Waals surface area contributed by atoms with Gasteiger partial charge in [-0.25, -0.2) is 0 Å². The molecule has 1 aliphatic heterocycles. The molecule has 1 rings (SSSR count). The van der Waals surface area contributed by atoms with E-state index in [-0.39, 0.29) is 0 Å². The summed E-state index contributed by atoms with van der Waals surface area (Å²) in [7, 11) is 0. The molecule has 1 heterocycles. The second kappa shape index (κ2) is 6.22. The van der Waals surface area contributed by atoms with Crippen molar-refractivity contribution in [3.05, 3.63) is 0 Å². The highest BCUT2D eigenvalue weighted by Gasteiger charge is 2.44.